The van der Waals surface area contributed by atoms with Gasteiger partial charge in [0.25, 0.3) is 5.56 Å². The first-order valence-corrected chi connectivity index (χ1v) is 6.83. The van der Waals surface area contributed by atoms with Gasteiger partial charge in [0.15, 0.2) is 0 Å². The summed E-state index contributed by atoms with van der Waals surface area (Å²) in [5, 5.41) is 21.9. The molecule has 0 saturated heterocycles. The Morgan fingerprint density at radius 2 is 1.95 bits per heavy atom. The van der Waals surface area contributed by atoms with E-state index < -0.39 is 17.5 Å². The van der Waals surface area contributed by atoms with Crippen LogP contribution in [-0.2, 0) is 11.3 Å². The molecule has 1 aromatic rings. The average molecular weight is 311 g/mol. The van der Waals surface area contributed by atoms with E-state index in [1.54, 1.807) is 6.92 Å². The molecule has 0 aliphatic carbocycles. The zero-order valence-electron chi connectivity index (χ0n) is 12.9. The molecule has 0 unspecified atom stereocenters. The number of nitrogens with one attached hydrogen (secondary N) is 1. The van der Waals surface area contributed by atoms with Gasteiger partial charge < -0.3 is 15.5 Å². The predicted octanol–water partition coefficient (Wildman–Crippen LogP) is -0.121. The maximum atomic E-state index is 12.2. The number of aliphatic hydroxyl groups is 2. The Labute approximate surface area is 127 Å². The molecule has 0 bridgehead atoms. The minimum Gasteiger partial charge on any atom is -0.513 e. The van der Waals surface area contributed by atoms with Crippen molar-refractivity contribution in [2.45, 2.75) is 40.0 Å². The standard InChI is InChI=1S/C14H21N3O5/c1-9(10(2)18)8-13(21)16-6-4-12(20)17(14(16)22)7-5-15-11(3)19/h4,6,13,18,21H,5,7-8H2,1-3H3,(H,15,19)/b10-9-/t13-/m1/s1. The van der Waals surface area contributed by atoms with Gasteiger partial charge in [0.1, 0.15) is 6.23 Å². The summed E-state index contributed by atoms with van der Waals surface area (Å²) >= 11 is 0. The highest BCUT2D eigenvalue weighted by Crippen LogP contribution is 2.14. The van der Waals surface area contributed by atoms with Crippen LogP contribution in [-0.4, -0.2) is 31.8 Å². The largest absolute Gasteiger partial charge is 0.513 e. The summed E-state index contributed by atoms with van der Waals surface area (Å²) in [6.45, 7) is 4.61. The Kier molecular flexibility index (Phi) is 6.11. The van der Waals surface area contributed by atoms with Crippen LogP contribution in [0.2, 0.25) is 0 Å². The summed E-state index contributed by atoms with van der Waals surface area (Å²) in [6.07, 6.45) is 0.0818. The molecule has 0 spiro atoms. The molecule has 1 rings (SSSR count). The third kappa shape index (κ3) is 4.59. The second kappa shape index (κ2) is 7.60. The topological polar surface area (TPSA) is 114 Å². The number of carbonyl (C=O) groups is 1. The molecule has 0 aliphatic rings. The normalized spacial score (nSPS) is 13.5. The first-order chi connectivity index (χ1) is 10.2. The summed E-state index contributed by atoms with van der Waals surface area (Å²) in [5.74, 6) is -0.186. The van der Waals surface area contributed by atoms with E-state index >= 15 is 0 Å². The molecular weight excluding hydrogens is 290 g/mol. The Morgan fingerprint density at radius 1 is 1.32 bits per heavy atom. The van der Waals surface area contributed by atoms with Gasteiger partial charge in [-0.15, -0.1) is 0 Å². The van der Waals surface area contributed by atoms with Crippen molar-refractivity contribution in [3.8, 4) is 0 Å². The fourth-order valence-corrected chi connectivity index (χ4v) is 1.83. The zero-order chi connectivity index (χ0) is 16.9. The number of amides is 1. The van der Waals surface area contributed by atoms with Crippen molar-refractivity contribution >= 4 is 5.91 Å². The minimum atomic E-state index is -1.19. The van der Waals surface area contributed by atoms with Gasteiger partial charge in [-0.05, 0) is 19.4 Å². The molecule has 8 heteroatoms. The summed E-state index contributed by atoms with van der Waals surface area (Å²) in [4.78, 5) is 34.8. The van der Waals surface area contributed by atoms with E-state index in [1.165, 1.54) is 26.1 Å². The second-order valence-corrected chi connectivity index (χ2v) is 5.03. The third-order valence-electron chi connectivity index (χ3n) is 3.23. The molecule has 0 radical (unpaired) electrons. The van der Waals surface area contributed by atoms with Gasteiger partial charge in [-0.3, -0.25) is 18.7 Å². The number of aliphatic hydroxyl groups excluding tert-OH is 2. The molecule has 0 aliphatic heterocycles. The highest BCUT2D eigenvalue weighted by molar-refractivity contribution is 5.72. The van der Waals surface area contributed by atoms with Gasteiger partial charge in [0, 0.05) is 38.7 Å². The van der Waals surface area contributed by atoms with Gasteiger partial charge in [-0.1, -0.05) is 0 Å². The van der Waals surface area contributed by atoms with Crippen LogP contribution >= 0.6 is 0 Å². The molecule has 0 fully saturated rings. The van der Waals surface area contributed by atoms with Crippen LogP contribution in [0.15, 0.2) is 33.2 Å². The lowest BCUT2D eigenvalue weighted by Gasteiger charge is -2.16. The van der Waals surface area contributed by atoms with Crippen LogP contribution < -0.4 is 16.6 Å². The van der Waals surface area contributed by atoms with Crippen LogP contribution in [0, 0.1) is 0 Å². The van der Waals surface area contributed by atoms with Crippen molar-refractivity contribution in [2.24, 2.45) is 0 Å². The SMILES string of the molecule is CC(=O)NCCn1c(=O)ccn([C@H](O)C/C(C)=C(/C)O)c1=O. The lowest BCUT2D eigenvalue weighted by Crippen LogP contribution is -2.42. The number of nitrogens with zero attached hydrogens (tertiary/aromatic N) is 2. The molecule has 0 saturated carbocycles. The average Bonchev–Trinajstić information content (AvgIpc) is 2.41. The van der Waals surface area contributed by atoms with Gasteiger partial charge in [0.2, 0.25) is 5.91 Å². The van der Waals surface area contributed by atoms with Crippen molar-refractivity contribution < 1.29 is 15.0 Å². The Hall–Kier alpha value is -2.35. The molecule has 1 amide bonds. The van der Waals surface area contributed by atoms with Crippen molar-refractivity contribution in [1.29, 1.82) is 0 Å². The van der Waals surface area contributed by atoms with Crippen LogP contribution in [0.5, 0.6) is 0 Å². The van der Waals surface area contributed by atoms with E-state index in [1.807, 2.05) is 0 Å². The molecule has 1 heterocycles. The second-order valence-electron chi connectivity index (χ2n) is 5.03. The summed E-state index contributed by atoms with van der Waals surface area (Å²) < 4.78 is 1.95. The van der Waals surface area contributed by atoms with Crippen molar-refractivity contribution in [1.82, 2.24) is 14.5 Å². The van der Waals surface area contributed by atoms with Crippen molar-refractivity contribution in [3.63, 3.8) is 0 Å². The number of allylic oxidation sites excluding steroid dienone is 1. The number of carbonyl (C=O) groups excluding carboxylic acids is 1. The molecule has 22 heavy (non-hydrogen) atoms. The number of hydrogen-bond acceptors (Lipinski definition) is 5. The summed E-state index contributed by atoms with van der Waals surface area (Å²) in [7, 11) is 0. The first kappa shape index (κ1) is 17.7. The molecule has 3 N–H and O–H groups in total. The highest BCUT2D eigenvalue weighted by Gasteiger charge is 2.13. The molecule has 8 nitrogen and oxygen atoms in total. The van der Waals surface area contributed by atoms with E-state index in [-0.39, 0.29) is 31.2 Å². The summed E-state index contributed by atoms with van der Waals surface area (Å²) in [5.41, 5.74) is -0.645. The van der Waals surface area contributed by atoms with E-state index in [0.29, 0.717) is 5.57 Å². The molecule has 122 valence electrons. The zero-order valence-corrected chi connectivity index (χ0v) is 12.9. The smallest absolute Gasteiger partial charge is 0.333 e. The molecule has 1 atom stereocenters. The summed E-state index contributed by atoms with van der Waals surface area (Å²) in [6, 6.07) is 1.17. The lowest BCUT2D eigenvalue weighted by atomic mass is 10.1. The number of rotatable bonds is 6. The minimum absolute atomic E-state index is 0.0126. The third-order valence-corrected chi connectivity index (χ3v) is 3.23. The number of hydrogen-bond donors (Lipinski definition) is 3. The van der Waals surface area contributed by atoms with Crippen LogP contribution in [0.1, 0.15) is 33.4 Å². The van der Waals surface area contributed by atoms with E-state index in [0.717, 1.165) is 9.13 Å². The fourth-order valence-electron chi connectivity index (χ4n) is 1.83. The van der Waals surface area contributed by atoms with Crippen molar-refractivity contribution in [2.75, 3.05) is 6.54 Å². The van der Waals surface area contributed by atoms with E-state index in [9.17, 15) is 24.6 Å². The quantitative estimate of drug-likeness (QED) is 0.634. The lowest BCUT2D eigenvalue weighted by molar-refractivity contribution is -0.119. The van der Waals surface area contributed by atoms with E-state index in [2.05, 4.69) is 5.32 Å². The maximum Gasteiger partial charge on any atom is 0.333 e. The predicted molar refractivity (Wildman–Crippen MR) is 80.5 cm³/mol. The van der Waals surface area contributed by atoms with Crippen LogP contribution in [0.3, 0.4) is 0 Å². The monoisotopic (exact) mass is 311 g/mol. The first-order valence-electron chi connectivity index (χ1n) is 6.83. The van der Waals surface area contributed by atoms with Crippen LogP contribution in [0.25, 0.3) is 0 Å². The Balaban J connectivity index is 3.03. The molecule has 0 aromatic carbocycles. The highest BCUT2D eigenvalue weighted by atomic mass is 16.3. The van der Waals surface area contributed by atoms with Crippen molar-refractivity contribution in [3.05, 3.63) is 44.4 Å². The fraction of sp³-hybridized carbons (Fsp3) is 0.500. The van der Waals surface area contributed by atoms with Gasteiger partial charge >= 0.3 is 5.69 Å². The van der Waals surface area contributed by atoms with E-state index in [4.69, 9.17) is 0 Å². The van der Waals surface area contributed by atoms with Gasteiger partial charge in [-0.25, -0.2) is 4.79 Å². The van der Waals surface area contributed by atoms with Gasteiger partial charge in [-0.2, -0.15) is 0 Å². The molecular formula is C14H21N3O5. The maximum absolute atomic E-state index is 12.2. The Morgan fingerprint density at radius 3 is 2.50 bits per heavy atom. The van der Waals surface area contributed by atoms with Gasteiger partial charge in [0.05, 0.1) is 5.76 Å². The Bertz CT molecular complexity index is 682. The number of aromatic nitrogens is 2. The molecule has 1 aromatic heterocycles. The van der Waals surface area contributed by atoms with Crippen LogP contribution in [0.4, 0.5) is 0 Å².